The molecular weight excluding hydrogens is 316 g/mol. The van der Waals surface area contributed by atoms with E-state index in [1.54, 1.807) is 6.92 Å². The Labute approximate surface area is 130 Å². The van der Waals surface area contributed by atoms with Crippen LogP contribution in [0.5, 0.6) is 0 Å². The van der Waals surface area contributed by atoms with Crippen LogP contribution in [0.25, 0.3) is 0 Å². The number of aromatic nitrogens is 2. The van der Waals surface area contributed by atoms with Gasteiger partial charge in [0, 0.05) is 6.42 Å². The van der Waals surface area contributed by atoms with E-state index in [-0.39, 0.29) is 30.4 Å². The van der Waals surface area contributed by atoms with Crippen LogP contribution in [-0.2, 0) is 14.3 Å². The molecule has 1 aliphatic heterocycles. The van der Waals surface area contributed by atoms with Crippen molar-refractivity contribution >= 4 is 35.0 Å². The lowest BCUT2D eigenvalue weighted by atomic mass is 9.93. The largest absolute Gasteiger partial charge is 0.467 e. The summed E-state index contributed by atoms with van der Waals surface area (Å²) in [6.07, 6.45) is 1.38. The number of hydrogen-bond donors (Lipinski definition) is 0. The first-order valence-corrected chi connectivity index (χ1v) is 6.83. The van der Waals surface area contributed by atoms with Crippen LogP contribution in [0.1, 0.15) is 26.2 Å². The number of methoxy groups -OCH3 is 1. The Kier molecular flexibility index (Phi) is 4.27. The maximum atomic E-state index is 12.2. The second kappa shape index (κ2) is 5.84. The third-order valence-corrected chi connectivity index (χ3v) is 3.89. The van der Waals surface area contributed by atoms with E-state index in [0.29, 0.717) is 0 Å². The number of nitro groups is 1. The summed E-state index contributed by atoms with van der Waals surface area (Å²) in [4.78, 5) is 43.3. The first-order valence-electron chi connectivity index (χ1n) is 6.45. The molecule has 1 aromatic heterocycles. The van der Waals surface area contributed by atoms with Crippen molar-refractivity contribution in [1.82, 2.24) is 9.97 Å². The second-order valence-corrected chi connectivity index (χ2v) is 5.05. The van der Waals surface area contributed by atoms with Gasteiger partial charge in [0.25, 0.3) is 0 Å². The highest BCUT2D eigenvalue weighted by atomic mass is 35.5. The molecule has 10 heteroatoms. The molecule has 0 bridgehead atoms. The number of halogens is 1. The molecule has 0 saturated carbocycles. The predicted octanol–water partition coefficient (Wildman–Crippen LogP) is 1.49. The Bertz CT molecular complexity index is 652. The minimum Gasteiger partial charge on any atom is -0.467 e. The van der Waals surface area contributed by atoms with E-state index in [1.807, 2.05) is 0 Å². The highest BCUT2D eigenvalue weighted by molar-refractivity contribution is 6.28. The normalized spacial score (nSPS) is 21.0. The molecule has 0 aliphatic carbocycles. The average molecular weight is 329 g/mol. The maximum Gasteiger partial charge on any atom is 0.332 e. The maximum absolute atomic E-state index is 12.2. The van der Waals surface area contributed by atoms with Gasteiger partial charge in [-0.15, -0.1) is 0 Å². The summed E-state index contributed by atoms with van der Waals surface area (Å²) in [5.41, 5.74) is -1.82. The first kappa shape index (κ1) is 16.1. The Morgan fingerprint density at radius 3 is 2.86 bits per heavy atom. The molecule has 0 unspecified atom stereocenters. The molecular formula is C12H13ClN4O5. The van der Waals surface area contributed by atoms with Crippen molar-refractivity contribution in [3.63, 3.8) is 0 Å². The van der Waals surface area contributed by atoms with Crippen molar-refractivity contribution in [2.75, 3.05) is 12.0 Å². The molecule has 0 aromatic carbocycles. The summed E-state index contributed by atoms with van der Waals surface area (Å²) in [5.74, 6) is -1.39. The fourth-order valence-electron chi connectivity index (χ4n) is 2.60. The van der Waals surface area contributed by atoms with E-state index in [0.717, 1.165) is 11.1 Å². The Morgan fingerprint density at radius 1 is 1.64 bits per heavy atom. The fourth-order valence-corrected chi connectivity index (χ4v) is 2.73. The number of ether oxygens (including phenoxy) is 1. The van der Waals surface area contributed by atoms with Gasteiger partial charge >= 0.3 is 11.7 Å². The van der Waals surface area contributed by atoms with Crippen LogP contribution in [-0.4, -0.2) is 39.4 Å². The highest BCUT2D eigenvalue weighted by Crippen LogP contribution is 2.41. The van der Waals surface area contributed by atoms with Crippen molar-refractivity contribution in [2.24, 2.45) is 0 Å². The zero-order valence-electron chi connectivity index (χ0n) is 11.9. The number of amides is 1. The van der Waals surface area contributed by atoms with Crippen molar-refractivity contribution in [1.29, 1.82) is 0 Å². The number of carbonyl (C=O) groups is 2. The highest BCUT2D eigenvalue weighted by Gasteiger charge is 2.54. The number of rotatable bonds is 4. The molecule has 0 spiro atoms. The summed E-state index contributed by atoms with van der Waals surface area (Å²) in [6.45, 7) is 1.69. The van der Waals surface area contributed by atoms with Crippen LogP contribution in [0.4, 0.5) is 11.5 Å². The summed E-state index contributed by atoms with van der Waals surface area (Å²) in [6, 6.07) is 0. The van der Waals surface area contributed by atoms with Gasteiger partial charge in [0.2, 0.25) is 17.0 Å². The minimum atomic E-state index is -1.33. The number of carbonyl (C=O) groups excluding carboxylic acids is 2. The van der Waals surface area contributed by atoms with E-state index >= 15 is 0 Å². The lowest BCUT2D eigenvalue weighted by Crippen LogP contribution is -2.53. The molecule has 2 rings (SSSR count). The molecule has 0 radical (unpaired) electrons. The quantitative estimate of drug-likeness (QED) is 0.356. The number of hydrogen-bond acceptors (Lipinski definition) is 7. The summed E-state index contributed by atoms with van der Waals surface area (Å²) in [5, 5.41) is 10.9. The zero-order valence-corrected chi connectivity index (χ0v) is 12.7. The molecule has 1 aromatic rings. The zero-order chi connectivity index (χ0) is 16.5. The van der Waals surface area contributed by atoms with Crippen LogP contribution in [0.3, 0.4) is 0 Å². The van der Waals surface area contributed by atoms with Gasteiger partial charge in [0.1, 0.15) is 11.7 Å². The van der Waals surface area contributed by atoms with Crippen molar-refractivity contribution < 1.29 is 19.2 Å². The Balaban J connectivity index is 2.67. The van der Waals surface area contributed by atoms with Crippen LogP contribution in [0, 0.1) is 10.1 Å². The Morgan fingerprint density at radius 2 is 2.32 bits per heavy atom. The number of esters is 1. The average Bonchev–Trinajstić information content (AvgIpc) is 2.83. The van der Waals surface area contributed by atoms with E-state index in [4.69, 9.17) is 16.3 Å². The third kappa shape index (κ3) is 2.37. The summed E-state index contributed by atoms with van der Waals surface area (Å²) in [7, 11) is 1.20. The van der Waals surface area contributed by atoms with Crippen molar-refractivity contribution in [2.45, 2.75) is 31.7 Å². The molecule has 1 atom stereocenters. The van der Waals surface area contributed by atoms with Gasteiger partial charge in [-0.05, 0) is 24.4 Å². The summed E-state index contributed by atoms with van der Waals surface area (Å²) >= 11 is 5.70. The lowest BCUT2D eigenvalue weighted by molar-refractivity contribution is -0.384. The number of anilines is 1. The van der Waals surface area contributed by atoms with Crippen LogP contribution in [0.2, 0.25) is 5.28 Å². The standard InChI is InChI=1S/C12H13ClN4O5/c1-3-12(10(19)22-2)5-4-8(18)16(12)9-7(17(20)21)6-14-11(13)15-9/h6H,3-5H2,1-2H3/t12-/m0/s1. The van der Waals surface area contributed by atoms with Crippen LogP contribution in [0.15, 0.2) is 6.20 Å². The predicted molar refractivity (Wildman–Crippen MR) is 75.5 cm³/mol. The third-order valence-electron chi connectivity index (χ3n) is 3.71. The topological polar surface area (TPSA) is 116 Å². The van der Waals surface area contributed by atoms with Gasteiger partial charge in [-0.25, -0.2) is 9.78 Å². The first-order chi connectivity index (χ1) is 10.4. The monoisotopic (exact) mass is 328 g/mol. The number of nitrogens with zero attached hydrogens (tertiary/aromatic N) is 4. The van der Waals surface area contributed by atoms with E-state index in [9.17, 15) is 19.7 Å². The molecule has 118 valence electrons. The molecule has 22 heavy (non-hydrogen) atoms. The molecule has 1 saturated heterocycles. The lowest BCUT2D eigenvalue weighted by Gasteiger charge is -2.33. The van der Waals surface area contributed by atoms with E-state index in [1.165, 1.54) is 7.11 Å². The molecule has 9 nitrogen and oxygen atoms in total. The molecule has 1 fully saturated rings. The van der Waals surface area contributed by atoms with E-state index < -0.39 is 28.0 Å². The van der Waals surface area contributed by atoms with Crippen LogP contribution >= 0.6 is 11.6 Å². The van der Waals surface area contributed by atoms with Crippen molar-refractivity contribution in [3.05, 3.63) is 21.6 Å². The molecule has 0 N–H and O–H groups in total. The van der Waals surface area contributed by atoms with Gasteiger partial charge in [-0.2, -0.15) is 4.98 Å². The summed E-state index contributed by atoms with van der Waals surface area (Å²) < 4.78 is 4.78. The van der Waals surface area contributed by atoms with Gasteiger partial charge in [-0.3, -0.25) is 19.8 Å². The molecule has 2 heterocycles. The Hall–Kier alpha value is -2.29. The molecule has 1 amide bonds. The van der Waals surface area contributed by atoms with Gasteiger partial charge in [0.15, 0.2) is 0 Å². The molecule has 1 aliphatic rings. The smallest absolute Gasteiger partial charge is 0.332 e. The minimum absolute atomic E-state index is 0.0573. The van der Waals surface area contributed by atoms with Crippen LogP contribution < -0.4 is 4.90 Å². The SMILES string of the molecule is CC[C@@]1(C(=O)OC)CCC(=O)N1c1nc(Cl)ncc1[N+](=O)[O-]. The van der Waals surface area contributed by atoms with E-state index in [2.05, 4.69) is 9.97 Å². The van der Waals surface area contributed by atoms with Gasteiger partial charge < -0.3 is 4.74 Å². The fraction of sp³-hybridized carbons (Fsp3) is 0.500. The van der Waals surface area contributed by atoms with Gasteiger partial charge in [-0.1, -0.05) is 6.92 Å². The van der Waals surface area contributed by atoms with Crippen molar-refractivity contribution in [3.8, 4) is 0 Å². The van der Waals surface area contributed by atoms with Gasteiger partial charge in [0.05, 0.1) is 12.0 Å². The second-order valence-electron chi connectivity index (χ2n) is 4.71.